The fraction of sp³-hybridized carbons (Fsp3) is 0.700. The number of nitrogens with zero attached hydrogens (tertiary/aromatic N) is 3. The van der Waals surface area contributed by atoms with E-state index in [0.29, 0.717) is 11.6 Å². The molecule has 1 heterocycles. The van der Waals surface area contributed by atoms with Gasteiger partial charge in [0.05, 0.1) is 12.2 Å². The van der Waals surface area contributed by atoms with Crippen molar-refractivity contribution in [3.8, 4) is 11.3 Å². The number of aromatic nitrogens is 2. The smallest absolute Gasteiger partial charge is 0.295 e. The molecule has 0 spiro atoms. The van der Waals surface area contributed by atoms with Gasteiger partial charge in [-0.05, 0) is 38.0 Å². The minimum atomic E-state index is 0.140. The van der Waals surface area contributed by atoms with E-state index in [1.165, 1.54) is 11.3 Å². The van der Waals surface area contributed by atoms with Gasteiger partial charge in [-0.1, -0.05) is 16.9 Å². The second kappa shape index (κ2) is 7.47. The number of ether oxygens (including phenoxy) is 1. The van der Waals surface area contributed by atoms with Crippen molar-refractivity contribution in [3.05, 3.63) is 0 Å². The molecule has 0 aliphatic heterocycles. The van der Waals surface area contributed by atoms with E-state index in [-0.39, 0.29) is 6.10 Å². The van der Waals surface area contributed by atoms with E-state index < -0.39 is 0 Å². The molecule has 0 saturated heterocycles. The van der Waals surface area contributed by atoms with Crippen LogP contribution in [0.15, 0.2) is 4.34 Å². The first-order chi connectivity index (χ1) is 7.72. The number of hydrogen-bond donors (Lipinski definition) is 0. The molecule has 0 saturated carbocycles. The molecule has 1 aromatic rings. The molecule has 0 atom stereocenters. The summed E-state index contributed by atoms with van der Waals surface area (Å²) in [5, 5.41) is 17.0. The summed E-state index contributed by atoms with van der Waals surface area (Å²) in [6, 6.07) is 2.14. The van der Waals surface area contributed by atoms with Gasteiger partial charge >= 0.3 is 0 Å². The Bertz CT molecular complexity index is 346. The van der Waals surface area contributed by atoms with Crippen molar-refractivity contribution in [2.24, 2.45) is 0 Å². The highest BCUT2D eigenvalue weighted by atomic mass is 32.2. The van der Waals surface area contributed by atoms with Gasteiger partial charge in [0.25, 0.3) is 5.19 Å². The zero-order chi connectivity index (χ0) is 11.8. The highest BCUT2D eigenvalue weighted by Crippen LogP contribution is 2.28. The van der Waals surface area contributed by atoms with E-state index in [1.807, 2.05) is 13.8 Å². The Balaban J connectivity index is 2.22. The summed E-state index contributed by atoms with van der Waals surface area (Å²) >= 11 is 3.15. The Kier molecular flexibility index (Phi) is 6.19. The molecule has 0 aromatic carbocycles. The van der Waals surface area contributed by atoms with E-state index in [2.05, 4.69) is 16.3 Å². The summed E-state index contributed by atoms with van der Waals surface area (Å²) < 4.78 is 6.37. The Morgan fingerprint density at radius 3 is 2.94 bits per heavy atom. The molecule has 0 fully saturated rings. The predicted octanol–water partition coefficient (Wildman–Crippen LogP) is 3.11. The molecule has 0 bridgehead atoms. The summed E-state index contributed by atoms with van der Waals surface area (Å²) in [7, 11) is 0. The van der Waals surface area contributed by atoms with Gasteiger partial charge < -0.3 is 4.74 Å². The van der Waals surface area contributed by atoms with Crippen LogP contribution < -0.4 is 4.74 Å². The van der Waals surface area contributed by atoms with Crippen molar-refractivity contribution in [2.45, 2.75) is 43.6 Å². The van der Waals surface area contributed by atoms with Gasteiger partial charge in [0.15, 0.2) is 4.34 Å². The molecule has 0 aliphatic rings. The van der Waals surface area contributed by atoms with E-state index in [1.54, 1.807) is 11.8 Å². The fourth-order valence-electron chi connectivity index (χ4n) is 0.970. The van der Waals surface area contributed by atoms with Gasteiger partial charge in [-0.2, -0.15) is 5.26 Å². The highest BCUT2D eigenvalue weighted by Gasteiger charge is 2.06. The van der Waals surface area contributed by atoms with E-state index >= 15 is 0 Å². The van der Waals surface area contributed by atoms with E-state index in [4.69, 9.17) is 10.00 Å². The van der Waals surface area contributed by atoms with Crippen LogP contribution in [0, 0.1) is 11.3 Å². The van der Waals surface area contributed by atoms with Crippen molar-refractivity contribution < 1.29 is 4.74 Å². The molecule has 1 rings (SSSR count). The lowest BCUT2D eigenvalue weighted by Gasteiger charge is -2.02. The van der Waals surface area contributed by atoms with Crippen LogP contribution in [0.25, 0.3) is 0 Å². The lowest BCUT2D eigenvalue weighted by molar-refractivity contribution is 0.239. The highest BCUT2D eigenvalue weighted by molar-refractivity contribution is 8.01. The SMILES string of the molecule is CC(C)Oc1nnc(SCCCCC#N)s1. The Morgan fingerprint density at radius 2 is 2.25 bits per heavy atom. The minimum absolute atomic E-state index is 0.140. The molecule has 0 aliphatic carbocycles. The van der Waals surface area contributed by atoms with E-state index in [9.17, 15) is 0 Å². The maximum Gasteiger partial charge on any atom is 0.295 e. The van der Waals surface area contributed by atoms with Crippen molar-refractivity contribution in [3.63, 3.8) is 0 Å². The predicted molar refractivity (Wildman–Crippen MR) is 65.9 cm³/mol. The third kappa shape index (κ3) is 5.33. The lowest BCUT2D eigenvalue weighted by atomic mass is 10.3. The number of hydrogen-bond acceptors (Lipinski definition) is 6. The van der Waals surface area contributed by atoms with Crippen molar-refractivity contribution in [2.75, 3.05) is 5.75 Å². The van der Waals surface area contributed by atoms with E-state index in [0.717, 1.165) is 22.9 Å². The van der Waals surface area contributed by atoms with Gasteiger partial charge in [0.1, 0.15) is 0 Å². The first-order valence-corrected chi connectivity index (χ1v) is 7.02. The quantitative estimate of drug-likeness (QED) is 0.555. The summed E-state index contributed by atoms with van der Waals surface area (Å²) in [6.45, 7) is 3.94. The van der Waals surface area contributed by atoms with Crippen LogP contribution >= 0.6 is 23.1 Å². The Labute approximate surface area is 104 Å². The molecule has 0 amide bonds. The summed E-state index contributed by atoms with van der Waals surface area (Å²) in [6.07, 6.45) is 2.77. The summed E-state index contributed by atoms with van der Waals surface area (Å²) in [5.74, 6) is 0.984. The fourth-order valence-corrected chi connectivity index (χ4v) is 2.84. The minimum Gasteiger partial charge on any atom is -0.466 e. The summed E-state index contributed by atoms with van der Waals surface area (Å²) in [4.78, 5) is 0. The third-order valence-electron chi connectivity index (χ3n) is 1.63. The second-order valence-electron chi connectivity index (χ2n) is 3.46. The van der Waals surface area contributed by atoms with Crippen LogP contribution in [0.2, 0.25) is 0 Å². The molecular formula is C10H15N3OS2. The largest absolute Gasteiger partial charge is 0.466 e. The number of rotatable bonds is 7. The molecule has 0 unspecified atom stereocenters. The molecule has 0 radical (unpaired) electrons. The Morgan fingerprint density at radius 1 is 1.44 bits per heavy atom. The van der Waals surface area contributed by atoms with Gasteiger partial charge in [-0.25, -0.2) is 0 Å². The molecular weight excluding hydrogens is 242 g/mol. The van der Waals surface area contributed by atoms with Crippen LogP contribution in [0.3, 0.4) is 0 Å². The van der Waals surface area contributed by atoms with Gasteiger partial charge in [-0.3, -0.25) is 0 Å². The molecule has 1 aromatic heterocycles. The standard InChI is InChI=1S/C10H15N3OS2/c1-8(2)14-9-12-13-10(16-9)15-7-5-3-4-6-11/h8H,3-5,7H2,1-2H3. The van der Waals surface area contributed by atoms with Crippen LogP contribution in [0.4, 0.5) is 0 Å². The molecule has 0 N–H and O–H groups in total. The zero-order valence-corrected chi connectivity index (χ0v) is 11.1. The average molecular weight is 257 g/mol. The monoisotopic (exact) mass is 257 g/mol. The van der Waals surface area contributed by atoms with Crippen molar-refractivity contribution in [1.82, 2.24) is 10.2 Å². The van der Waals surface area contributed by atoms with Gasteiger partial charge in [0, 0.05) is 12.2 Å². The van der Waals surface area contributed by atoms with Crippen LogP contribution in [0.1, 0.15) is 33.1 Å². The summed E-state index contributed by atoms with van der Waals surface area (Å²) in [5.41, 5.74) is 0. The second-order valence-corrected chi connectivity index (χ2v) is 5.75. The molecule has 4 nitrogen and oxygen atoms in total. The number of unbranched alkanes of at least 4 members (excludes halogenated alkanes) is 2. The van der Waals surface area contributed by atoms with Gasteiger partial charge in [-0.15, -0.1) is 5.10 Å². The average Bonchev–Trinajstić information content (AvgIpc) is 2.64. The number of nitriles is 1. The van der Waals surface area contributed by atoms with Crippen LogP contribution in [-0.2, 0) is 0 Å². The van der Waals surface area contributed by atoms with Crippen molar-refractivity contribution >= 4 is 23.1 Å². The van der Waals surface area contributed by atoms with Gasteiger partial charge in [0.2, 0.25) is 0 Å². The van der Waals surface area contributed by atoms with Crippen LogP contribution in [-0.4, -0.2) is 22.1 Å². The lowest BCUT2D eigenvalue weighted by Crippen LogP contribution is -2.04. The topological polar surface area (TPSA) is 58.8 Å². The maximum atomic E-state index is 8.38. The Hall–Kier alpha value is -0.800. The molecule has 88 valence electrons. The van der Waals surface area contributed by atoms with Crippen molar-refractivity contribution in [1.29, 1.82) is 5.26 Å². The molecule has 6 heteroatoms. The maximum absolute atomic E-state index is 8.38. The first kappa shape index (κ1) is 13.3. The van der Waals surface area contributed by atoms with Crippen LogP contribution in [0.5, 0.6) is 5.19 Å². The third-order valence-corrected chi connectivity index (χ3v) is 3.67. The normalized spacial score (nSPS) is 10.4. The first-order valence-electron chi connectivity index (χ1n) is 5.22. The number of thioether (sulfide) groups is 1. The molecule has 16 heavy (non-hydrogen) atoms. The zero-order valence-electron chi connectivity index (χ0n) is 9.47.